The lowest BCUT2D eigenvalue weighted by atomic mass is 9.89. The number of ether oxygens (including phenoxy) is 1. The highest BCUT2D eigenvalue weighted by Crippen LogP contribution is 2.32. The first kappa shape index (κ1) is 11.8. The van der Waals surface area contributed by atoms with Crippen LogP contribution in [0.25, 0.3) is 0 Å². The Labute approximate surface area is 111 Å². The average Bonchev–Trinajstić information content (AvgIpc) is 2.48. The highest BCUT2D eigenvalue weighted by Gasteiger charge is 2.21. The molecule has 0 amide bonds. The third kappa shape index (κ3) is 2.47. The molecule has 0 saturated heterocycles. The molecule has 1 unspecified atom stereocenters. The lowest BCUT2D eigenvalue weighted by molar-refractivity contribution is 0.112. The SMILES string of the molecule is O=Cc1cnc(OC2CCCc3ccccc32)nc1. The molecular formula is C15H14N2O2. The second-order valence-electron chi connectivity index (χ2n) is 4.61. The van der Waals surface area contributed by atoms with Gasteiger partial charge in [-0.25, -0.2) is 9.97 Å². The van der Waals surface area contributed by atoms with Gasteiger partial charge in [-0.15, -0.1) is 0 Å². The molecule has 96 valence electrons. The third-order valence-electron chi connectivity index (χ3n) is 3.35. The number of fused-ring (bicyclic) bond motifs is 1. The van der Waals surface area contributed by atoms with Crippen molar-refractivity contribution in [3.8, 4) is 6.01 Å². The Morgan fingerprint density at radius 3 is 2.79 bits per heavy atom. The highest BCUT2D eigenvalue weighted by molar-refractivity contribution is 5.73. The standard InChI is InChI=1S/C15H14N2O2/c18-10-11-8-16-15(17-9-11)19-14-7-3-5-12-4-1-2-6-13(12)14/h1-2,4,6,8-10,14H,3,5,7H2. The molecule has 1 aromatic carbocycles. The van der Waals surface area contributed by atoms with E-state index in [4.69, 9.17) is 4.74 Å². The van der Waals surface area contributed by atoms with Crippen molar-refractivity contribution in [2.45, 2.75) is 25.4 Å². The topological polar surface area (TPSA) is 52.1 Å². The van der Waals surface area contributed by atoms with Crippen LogP contribution in [0.15, 0.2) is 36.7 Å². The molecule has 1 heterocycles. The maximum absolute atomic E-state index is 10.6. The number of hydrogen-bond acceptors (Lipinski definition) is 4. The van der Waals surface area contributed by atoms with Gasteiger partial charge in [-0.3, -0.25) is 4.79 Å². The summed E-state index contributed by atoms with van der Waals surface area (Å²) >= 11 is 0. The van der Waals surface area contributed by atoms with Crippen LogP contribution in [0.4, 0.5) is 0 Å². The predicted molar refractivity (Wildman–Crippen MR) is 70.2 cm³/mol. The van der Waals surface area contributed by atoms with Crippen molar-refractivity contribution in [2.75, 3.05) is 0 Å². The first-order chi connectivity index (χ1) is 9.36. The van der Waals surface area contributed by atoms with Crippen molar-refractivity contribution in [1.82, 2.24) is 9.97 Å². The fourth-order valence-corrected chi connectivity index (χ4v) is 2.41. The maximum Gasteiger partial charge on any atom is 0.316 e. The van der Waals surface area contributed by atoms with Gasteiger partial charge in [0.1, 0.15) is 6.10 Å². The van der Waals surface area contributed by atoms with Crippen LogP contribution in [0.1, 0.15) is 40.4 Å². The third-order valence-corrected chi connectivity index (χ3v) is 3.35. The molecule has 0 fully saturated rings. The van der Waals surface area contributed by atoms with Crippen molar-refractivity contribution in [2.24, 2.45) is 0 Å². The summed E-state index contributed by atoms with van der Waals surface area (Å²) in [6.45, 7) is 0. The molecule has 1 aliphatic carbocycles. The Morgan fingerprint density at radius 1 is 1.21 bits per heavy atom. The molecule has 19 heavy (non-hydrogen) atoms. The maximum atomic E-state index is 10.6. The van der Waals surface area contributed by atoms with Crippen LogP contribution in [0.5, 0.6) is 6.01 Å². The zero-order valence-corrected chi connectivity index (χ0v) is 10.5. The number of aryl methyl sites for hydroxylation is 1. The number of rotatable bonds is 3. The Bertz CT molecular complexity index is 581. The van der Waals surface area contributed by atoms with Gasteiger partial charge in [0.25, 0.3) is 0 Å². The van der Waals surface area contributed by atoms with Crippen molar-refractivity contribution >= 4 is 6.29 Å². The number of carbonyl (C=O) groups excluding carboxylic acids is 1. The largest absolute Gasteiger partial charge is 0.455 e. The summed E-state index contributed by atoms with van der Waals surface area (Å²) in [5, 5.41) is 0. The molecule has 1 atom stereocenters. The number of aldehydes is 1. The van der Waals surface area contributed by atoms with Crippen LogP contribution in [0.2, 0.25) is 0 Å². The van der Waals surface area contributed by atoms with Crippen molar-refractivity contribution in [3.63, 3.8) is 0 Å². The monoisotopic (exact) mass is 254 g/mol. The summed E-state index contributed by atoms with van der Waals surface area (Å²) in [5.41, 5.74) is 3.01. The molecule has 2 aromatic rings. The number of nitrogens with zero attached hydrogens (tertiary/aromatic N) is 2. The van der Waals surface area contributed by atoms with Gasteiger partial charge in [0.15, 0.2) is 6.29 Å². The summed E-state index contributed by atoms with van der Waals surface area (Å²) < 4.78 is 5.84. The molecule has 4 nitrogen and oxygen atoms in total. The molecule has 0 bridgehead atoms. The van der Waals surface area contributed by atoms with E-state index in [9.17, 15) is 4.79 Å². The molecule has 1 aliphatic rings. The number of benzene rings is 1. The van der Waals surface area contributed by atoms with E-state index < -0.39 is 0 Å². The van der Waals surface area contributed by atoms with E-state index in [1.807, 2.05) is 6.07 Å². The van der Waals surface area contributed by atoms with E-state index in [1.165, 1.54) is 23.5 Å². The minimum Gasteiger partial charge on any atom is -0.455 e. The molecule has 4 heteroatoms. The second kappa shape index (κ2) is 5.18. The summed E-state index contributed by atoms with van der Waals surface area (Å²) in [6, 6.07) is 8.64. The zero-order chi connectivity index (χ0) is 13.1. The van der Waals surface area contributed by atoms with Gasteiger partial charge >= 0.3 is 6.01 Å². The first-order valence-corrected chi connectivity index (χ1v) is 6.38. The molecule has 0 N–H and O–H groups in total. The van der Waals surface area contributed by atoms with Crippen LogP contribution >= 0.6 is 0 Å². The molecule has 0 spiro atoms. The predicted octanol–water partition coefficient (Wildman–Crippen LogP) is 2.75. The van der Waals surface area contributed by atoms with E-state index in [2.05, 4.69) is 28.2 Å². The van der Waals surface area contributed by atoms with Crippen LogP contribution in [0.3, 0.4) is 0 Å². The number of carbonyl (C=O) groups is 1. The molecule has 0 aliphatic heterocycles. The van der Waals surface area contributed by atoms with Crippen molar-refractivity contribution in [1.29, 1.82) is 0 Å². The molecular weight excluding hydrogens is 240 g/mol. The minimum atomic E-state index is 0.00651. The summed E-state index contributed by atoms with van der Waals surface area (Å²) in [5.74, 6) is 0. The Hall–Kier alpha value is -2.23. The van der Waals surface area contributed by atoms with Gasteiger partial charge in [-0.05, 0) is 30.4 Å². The molecule has 0 saturated carbocycles. The highest BCUT2D eigenvalue weighted by atomic mass is 16.5. The lowest BCUT2D eigenvalue weighted by Crippen LogP contribution is -2.16. The quantitative estimate of drug-likeness (QED) is 0.790. The van der Waals surface area contributed by atoms with Crippen LogP contribution in [-0.4, -0.2) is 16.3 Å². The van der Waals surface area contributed by atoms with E-state index in [0.717, 1.165) is 25.5 Å². The summed E-state index contributed by atoms with van der Waals surface area (Å²) in [6.07, 6.45) is 6.85. The molecule has 1 aromatic heterocycles. The second-order valence-corrected chi connectivity index (χ2v) is 4.61. The van der Waals surface area contributed by atoms with Gasteiger partial charge < -0.3 is 4.74 Å². The summed E-state index contributed by atoms with van der Waals surface area (Å²) in [4.78, 5) is 18.7. The number of hydrogen-bond donors (Lipinski definition) is 0. The van der Waals surface area contributed by atoms with Gasteiger partial charge in [0.05, 0.1) is 5.56 Å². The van der Waals surface area contributed by atoms with E-state index >= 15 is 0 Å². The normalized spacial score (nSPS) is 17.6. The Balaban J connectivity index is 1.82. The van der Waals surface area contributed by atoms with Crippen molar-refractivity contribution in [3.05, 3.63) is 53.3 Å². The fraction of sp³-hybridized carbons (Fsp3) is 0.267. The Morgan fingerprint density at radius 2 is 2.00 bits per heavy atom. The van der Waals surface area contributed by atoms with E-state index in [0.29, 0.717) is 11.6 Å². The van der Waals surface area contributed by atoms with Gasteiger partial charge in [-0.1, -0.05) is 24.3 Å². The molecule has 3 rings (SSSR count). The van der Waals surface area contributed by atoms with Gasteiger partial charge in [0, 0.05) is 12.4 Å². The smallest absolute Gasteiger partial charge is 0.316 e. The van der Waals surface area contributed by atoms with E-state index in [1.54, 1.807) is 0 Å². The average molecular weight is 254 g/mol. The first-order valence-electron chi connectivity index (χ1n) is 6.38. The van der Waals surface area contributed by atoms with Crippen LogP contribution < -0.4 is 4.74 Å². The fourth-order valence-electron chi connectivity index (χ4n) is 2.41. The van der Waals surface area contributed by atoms with Gasteiger partial charge in [-0.2, -0.15) is 0 Å². The van der Waals surface area contributed by atoms with Gasteiger partial charge in [0.2, 0.25) is 0 Å². The van der Waals surface area contributed by atoms with Crippen LogP contribution in [-0.2, 0) is 6.42 Å². The molecule has 0 radical (unpaired) electrons. The lowest BCUT2D eigenvalue weighted by Gasteiger charge is -2.25. The Kier molecular flexibility index (Phi) is 3.23. The zero-order valence-electron chi connectivity index (χ0n) is 10.5. The summed E-state index contributed by atoms with van der Waals surface area (Å²) in [7, 11) is 0. The number of aromatic nitrogens is 2. The minimum absolute atomic E-state index is 0.00651. The van der Waals surface area contributed by atoms with Crippen LogP contribution in [0, 0.1) is 0 Å². The van der Waals surface area contributed by atoms with E-state index in [-0.39, 0.29) is 6.10 Å². The van der Waals surface area contributed by atoms with Crippen molar-refractivity contribution < 1.29 is 9.53 Å².